The predicted octanol–water partition coefficient (Wildman–Crippen LogP) is 2.03. The highest BCUT2D eigenvalue weighted by molar-refractivity contribution is 5.99. The van der Waals surface area contributed by atoms with Crippen LogP contribution in [0.1, 0.15) is 10.5 Å². The quantitative estimate of drug-likeness (QED) is 0.785. The Morgan fingerprint density at radius 1 is 1.29 bits per heavy atom. The molecule has 1 aromatic carbocycles. The van der Waals surface area contributed by atoms with Gasteiger partial charge in [0.1, 0.15) is 11.6 Å². The van der Waals surface area contributed by atoms with Crippen molar-refractivity contribution in [3.8, 4) is 11.4 Å². The summed E-state index contributed by atoms with van der Waals surface area (Å²) in [5.74, 6) is -1.94. The first-order chi connectivity index (χ1) is 10.1. The number of hydrogen-bond acceptors (Lipinski definition) is 3. The number of halogens is 2. The second-order valence-corrected chi connectivity index (χ2v) is 4.29. The molecule has 21 heavy (non-hydrogen) atoms. The van der Waals surface area contributed by atoms with Crippen molar-refractivity contribution < 1.29 is 13.6 Å². The Morgan fingerprint density at radius 3 is 2.67 bits per heavy atom. The van der Waals surface area contributed by atoms with Crippen LogP contribution in [0.3, 0.4) is 0 Å². The van der Waals surface area contributed by atoms with E-state index < -0.39 is 17.5 Å². The number of aromatic nitrogens is 3. The summed E-state index contributed by atoms with van der Waals surface area (Å²) in [6.45, 7) is 0. The molecule has 3 rings (SSSR count). The molecule has 2 heterocycles. The number of amides is 1. The van der Waals surface area contributed by atoms with Gasteiger partial charge in [0, 0.05) is 19.4 Å². The Hall–Kier alpha value is -2.83. The Kier molecular flexibility index (Phi) is 3.09. The predicted molar refractivity (Wildman–Crippen MR) is 71.7 cm³/mol. The molecule has 1 N–H and O–H groups in total. The van der Waals surface area contributed by atoms with Gasteiger partial charge in [0.15, 0.2) is 11.5 Å². The number of hydrogen-bond donors (Lipinski definition) is 1. The number of nitrogens with zero attached hydrogens (tertiary/aromatic N) is 3. The maximum absolute atomic E-state index is 13.9. The van der Waals surface area contributed by atoms with Gasteiger partial charge in [0.05, 0.1) is 17.3 Å². The smallest absolute Gasteiger partial charge is 0.271 e. The summed E-state index contributed by atoms with van der Waals surface area (Å²) in [7, 11) is 1.45. The fourth-order valence-electron chi connectivity index (χ4n) is 2.11. The molecule has 106 valence electrons. The van der Waals surface area contributed by atoms with Crippen molar-refractivity contribution in [1.29, 1.82) is 0 Å². The summed E-state index contributed by atoms with van der Waals surface area (Å²) >= 11 is 0. The van der Waals surface area contributed by atoms with E-state index in [-0.39, 0.29) is 17.1 Å². The van der Waals surface area contributed by atoms with Gasteiger partial charge in [0.25, 0.3) is 5.91 Å². The minimum Gasteiger partial charge on any atom is -0.354 e. The SMILES string of the molecule is CNC(=O)c1nc(-c2c(F)cccc2F)n2ccncc12. The lowest BCUT2D eigenvalue weighted by molar-refractivity contribution is 0.0960. The molecule has 7 heteroatoms. The van der Waals surface area contributed by atoms with E-state index in [1.807, 2.05) is 0 Å². The number of carbonyl (C=O) groups is 1. The van der Waals surface area contributed by atoms with Crippen LogP contribution in [0, 0.1) is 11.6 Å². The number of benzene rings is 1. The van der Waals surface area contributed by atoms with Crippen LogP contribution in [0.5, 0.6) is 0 Å². The molecule has 0 atom stereocenters. The van der Waals surface area contributed by atoms with Crippen molar-refractivity contribution in [2.24, 2.45) is 0 Å². The van der Waals surface area contributed by atoms with Crippen LogP contribution in [0.2, 0.25) is 0 Å². The molecular weight excluding hydrogens is 278 g/mol. The first kappa shape index (κ1) is 13.2. The van der Waals surface area contributed by atoms with E-state index in [2.05, 4.69) is 15.3 Å². The van der Waals surface area contributed by atoms with Gasteiger partial charge >= 0.3 is 0 Å². The van der Waals surface area contributed by atoms with Gasteiger partial charge in [-0.1, -0.05) is 6.07 Å². The molecule has 0 spiro atoms. The number of imidazole rings is 1. The summed E-state index contributed by atoms with van der Waals surface area (Å²) in [5.41, 5.74) is 0.145. The number of fused-ring (bicyclic) bond motifs is 1. The molecule has 0 bridgehead atoms. The van der Waals surface area contributed by atoms with Crippen molar-refractivity contribution >= 4 is 11.4 Å². The van der Waals surface area contributed by atoms with Crippen molar-refractivity contribution in [3.63, 3.8) is 0 Å². The molecule has 1 amide bonds. The lowest BCUT2D eigenvalue weighted by Crippen LogP contribution is -2.18. The molecule has 0 fully saturated rings. The molecule has 2 aromatic heterocycles. The Balaban J connectivity index is 2.36. The fraction of sp³-hybridized carbons (Fsp3) is 0.0714. The average Bonchev–Trinajstić information content (AvgIpc) is 2.86. The molecule has 0 radical (unpaired) electrons. The summed E-state index contributed by atoms with van der Waals surface area (Å²) in [4.78, 5) is 19.8. The molecular formula is C14H10F2N4O. The highest BCUT2D eigenvalue weighted by Crippen LogP contribution is 2.27. The van der Waals surface area contributed by atoms with Crippen LogP contribution in [0.25, 0.3) is 16.9 Å². The molecule has 0 saturated carbocycles. The third-order valence-electron chi connectivity index (χ3n) is 3.08. The van der Waals surface area contributed by atoms with E-state index in [4.69, 9.17) is 0 Å². The minimum absolute atomic E-state index is 0.0154. The topological polar surface area (TPSA) is 59.3 Å². The average molecular weight is 288 g/mol. The number of rotatable bonds is 2. The van der Waals surface area contributed by atoms with E-state index in [0.717, 1.165) is 12.1 Å². The van der Waals surface area contributed by atoms with Crippen LogP contribution in [-0.2, 0) is 0 Å². The standard InChI is InChI=1S/C14H10F2N4O/c1-17-14(21)12-10-7-18-5-6-20(10)13(19-12)11-8(15)3-2-4-9(11)16/h2-7H,1H3,(H,17,21). The maximum atomic E-state index is 13.9. The Labute approximate surface area is 118 Å². The highest BCUT2D eigenvalue weighted by Gasteiger charge is 2.21. The first-order valence-corrected chi connectivity index (χ1v) is 6.12. The largest absolute Gasteiger partial charge is 0.354 e. The summed E-state index contributed by atoms with van der Waals surface area (Å²) in [6.07, 6.45) is 4.36. The molecule has 0 unspecified atom stereocenters. The monoisotopic (exact) mass is 288 g/mol. The van der Waals surface area contributed by atoms with Crippen molar-refractivity contribution in [3.05, 3.63) is 54.1 Å². The normalized spacial score (nSPS) is 10.8. The van der Waals surface area contributed by atoms with Crippen LogP contribution in [-0.4, -0.2) is 27.3 Å². The zero-order valence-corrected chi connectivity index (χ0v) is 11.0. The van der Waals surface area contributed by atoms with E-state index in [1.54, 1.807) is 0 Å². The van der Waals surface area contributed by atoms with Crippen molar-refractivity contribution in [1.82, 2.24) is 19.7 Å². The second-order valence-electron chi connectivity index (χ2n) is 4.29. The van der Waals surface area contributed by atoms with E-state index >= 15 is 0 Å². The molecule has 0 saturated heterocycles. The third-order valence-corrected chi connectivity index (χ3v) is 3.08. The maximum Gasteiger partial charge on any atom is 0.271 e. The van der Waals surface area contributed by atoms with Crippen LogP contribution < -0.4 is 5.32 Å². The van der Waals surface area contributed by atoms with Gasteiger partial charge in [-0.3, -0.25) is 14.2 Å². The summed E-state index contributed by atoms with van der Waals surface area (Å²) in [5, 5.41) is 2.44. The van der Waals surface area contributed by atoms with Gasteiger partial charge < -0.3 is 5.32 Å². The number of nitrogens with one attached hydrogen (secondary N) is 1. The highest BCUT2D eigenvalue weighted by atomic mass is 19.1. The second kappa shape index (κ2) is 4.93. The Morgan fingerprint density at radius 2 is 2.00 bits per heavy atom. The molecule has 5 nitrogen and oxygen atoms in total. The first-order valence-electron chi connectivity index (χ1n) is 6.12. The third kappa shape index (κ3) is 2.03. The van der Waals surface area contributed by atoms with E-state index in [9.17, 15) is 13.6 Å². The van der Waals surface area contributed by atoms with Crippen LogP contribution >= 0.6 is 0 Å². The minimum atomic E-state index is -0.748. The molecule has 3 aromatic rings. The molecule has 0 aliphatic rings. The summed E-state index contributed by atoms with van der Waals surface area (Å²) in [6, 6.07) is 3.55. The zero-order chi connectivity index (χ0) is 15.0. The fourth-order valence-corrected chi connectivity index (χ4v) is 2.11. The van der Waals surface area contributed by atoms with Crippen molar-refractivity contribution in [2.75, 3.05) is 7.05 Å². The van der Waals surface area contributed by atoms with Crippen LogP contribution in [0.15, 0.2) is 36.8 Å². The van der Waals surface area contributed by atoms with Gasteiger partial charge in [-0.25, -0.2) is 13.8 Å². The van der Waals surface area contributed by atoms with Gasteiger partial charge in [-0.15, -0.1) is 0 Å². The van der Waals surface area contributed by atoms with Crippen LogP contribution in [0.4, 0.5) is 8.78 Å². The van der Waals surface area contributed by atoms with Gasteiger partial charge in [-0.2, -0.15) is 0 Å². The lowest BCUT2D eigenvalue weighted by atomic mass is 10.2. The summed E-state index contributed by atoms with van der Waals surface area (Å²) < 4.78 is 29.3. The van der Waals surface area contributed by atoms with Gasteiger partial charge in [0.2, 0.25) is 0 Å². The molecule has 0 aliphatic heterocycles. The molecule has 0 aliphatic carbocycles. The Bertz CT molecular complexity index is 824. The number of carbonyl (C=O) groups excluding carboxylic acids is 1. The zero-order valence-electron chi connectivity index (χ0n) is 11.0. The van der Waals surface area contributed by atoms with Gasteiger partial charge in [-0.05, 0) is 12.1 Å². The van der Waals surface area contributed by atoms with Crippen molar-refractivity contribution in [2.45, 2.75) is 0 Å². The van der Waals surface area contributed by atoms with E-state index in [0.29, 0.717) is 5.52 Å². The van der Waals surface area contributed by atoms with E-state index in [1.165, 1.54) is 36.1 Å². The lowest BCUT2D eigenvalue weighted by Gasteiger charge is -2.03.